The Balaban J connectivity index is 1.86. The minimum atomic E-state index is -0.462. The molecule has 1 aliphatic rings. The number of aryl methyl sites for hydroxylation is 1. The Kier molecular flexibility index (Phi) is 4.91. The van der Waals surface area contributed by atoms with Gasteiger partial charge in [0.2, 0.25) is 5.95 Å². The van der Waals surface area contributed by atoms with Gasteiger partial charge in [0.05, 0.1) is 25.8 Å². The van der Waals surface area contributed by atoms with Gasteiger partial charge in [0.1, 0.15) is 5.75 Å². The minimum absolute atomic E-state index is 0.137. The highest BCUT2D eigenvalue weighted by molar-refractivity contribution is 5.74. The second kappa shape index (κ2) is 7.40. The summed E-state index contributed by atoms with van der Waals surface area (Å²) in [7, 11) is 4.67. The second-order valence-corrected chi connectivity index (χ2v) is 7.50. The molecule has 29 heavy (non-hydrogen) atoms. The van der Waals surface area contributed by atoms with Crippen LogP contribution in [0.3, 0.4) is 0 Å². The van der Waals surface area contributed by atoms with Crippen LogP contribution in [0.1, 0.15) is 24.8 Å². The average Bonchev–Trinajstić information content (AvgIpc) is 3.29. The zero-order chi connectivity index (χ0) is 20.7. The van der Waals surface area contributed by atoms with E-state index in [2.05, 4.69) is 10.3 Å². The third-order valence-corrected chi connectivity index (χ3v) is 5.64. The standard InChI is InChI=1S/C20H25N5O4/c1-23-17-16(18(27)24(2)20(23)28)25(11-12-7-9-13(29-3)10-8-12)19(22-17)21-14-5-4-6-15(14)26/h7-10,14-15,26H,4-6,11H2,1-3H3,(H,21,22)/t14-,15+/m1/s1. The summed E-state index contributed by atoms with van der Waals surface area (Å²) in [4.78, 5) is 29.8. The molecular weight excluding hydrogens is 374 g/mol. The van der Waals surface area contributed by atoms with Gasteiger partial charge in [-0.05, 0) is 37.0 Å². The second-order valence-electron chi connectivity index (χ2n) is 7.50. The third-order valence-electron chi connectivity index (χ3n) is 5.64. The largest absolute Gasteiger partial charge is 0.497 e. The minimum Gasteiger partial charge on any atom is -0.497 e. The van der Waals surface area contributed by atoms with E-state index in [1.54, 1.807) is 18.7 Å². The topological polar surface area (TPSA) is 103 Å². The van der Waals surface area contributed by atoms with E-state index in [-0.39, 0.29) is 6.04 Å². The normalized spacial score (nSPS) is 19.0. The number of imidazole rings is 1. The Morgan fingerprint density at radius 2 is 1.90 bits per heavy atom. The van der Waals surface area contributed by atoms with E-state index in [9.17, 15) is 14.7 Å². The number of ether oxygens (including phenoxy) is 1. The van der Waals surface area contributed by atoms with Crippen molar-refractivity contribution in [1.29, 1.82) is 0 Å². The molecular formula is C20H25N5O4. The first-order valence-corrected chi connectivity index (χ1v) is 9.64. The maximum atomic E-state index is 12.9. The summed E-state index contributed by atoms with van der Waals surface area (Å²) in [6, 6.07) is 7.42. The summed E-state index contributed by atoms with van der Waals surface area (Å²) in [5, 5.41) is 13.5. The van der Waals surface area contributed by atoms with Gasteiger partial charge in [-0.25, -0.2) is 4.79 Å². The van der Waals surface area contributed by atoms with Crippen molar-refractivity contribution in [2.45, 2.75) is 38.0 Å². The Morgan fingerprint density at radius 3 is 2.52 bits per heavy atom. The Bertz CT molecular complexity index is 1160. The van der Waals surface area contributed by atoms with Crippen molar-refractivity contribution in [1.82, 2.24) is 18.7 Å². The van der Waals surface area contributed by atoms with Gasteiger partial charge in [-0.2, -0.15) is 4.98 Å². The molecule has 0 bridgehead atoms. The smallest absolute Gasteiger partial charge is 0.332 e. The predicted molar refractivity (Wildman–Crippen MR) is 110 cm³/mol. The van der Waals surface area contributed by atoms with Crippen molar-refractivity contribution in [2.24, 2.45) is 14.1 Å². The summed E-state index contributed by atoms with van der Waals surface area (Å²) < 4.78 is 9.45. The van der Waals surface area contributed by atoms with Gasteiger partial charge < -0.3 is 15.2 Å². The maximum Gasteiger partial charge on any atom is 0.332 e. The molecule has 2 aromatic heterocycles. The molecule has 2 N–H and O–H groups in total. The number of nitrogens with one attached hydrogen (secondary N) is 1. The van der Waals surface area contributed by atoms with Gasteiger partial charge in [0.25, 0.3) is 5.56 Å². The molecule has 3 aromatic rings. The summed E-state index contributed by atoms with van der Waals surface area (Å²) in [6.45, 7) is 0.388. The van der Waals surface area contributed by atoms with E-state index in [4.69, 9.17) is 4.74 Å². The zero-order valence-corrected chi connectivity index (χ0v) is 16.8. The van der Waals surface area contributed by atoms with Gasteiger partial charge >= 0.3 is 5.69 Å². The van der Waals surface area contributed by atoms with Crippen LogP contribution in [0.2, 0.25) is 0 Å². The van der Waals surface area contributed by atoms with Crippen LogP contribution in [0.25, 0.3) is 11.2 Å². The molecule has 0 radical (unpaired) electrons. The number of aromatic nitrogens is 4. The van der Waals surface area contributed by atoms with E-state index in [1.807, 2.05) is 24.3 Å². The van der Waals surface area contributed by atoms with Crippen LogP contribution in [0.4, 0.5) is 5.95 Å². The Hall–Kier alpha value is -3.07. The number of aliphatic hydroxyl groups is 1. The monoisotopic (exact) mass is 399 g/mol. The SMILES string of the molecule is COc1ccc(Cn2c(N[C@@H]3CCC[C@@H]3O)nc3c2c(=O)n(C)c(=O)n3C)cc1. The first-order chi connectivity index (χ1) is 13.9. The number of hydrogen-bond acceptors (Lipinski definition) is 6. The fourth-order valence-electron chi connectivity index (χ4n) is 3.90. The molecule has 9 nitrogen and oxygen atoms in total. The molecule has 1 aliphatic carbocycles. The lowest BCUT2D eigenvalue weighted by Crippen LogP contribution is -2.37. The van der Waals surface area contributed by atoms with Crippen LogP contribution in [0.5, 0.6) is 5.75 Å². The third kappa shape index (κ3) is 3.31. The lowest BCUT2D eigenvalue weighted by molar-refractivity contribution is 0.171. The predicted octanol–water partition coefficient (Wildman–Crippen LogP) is 0.816. The van der Waals surface area contributed by atoms with Crippen molar-refractivity contribution in [3.05, 3.63) is 50.7 Å². The fraction of sp³-hybridized carbons (Fsp3) is 0.450. The summed E-state index contributed by atoms with van der Waals surface area (Å²) in [5.74, 6) is 1.22. The van der Waals surface area contributed by atoms with E-state index >= 15 is 0 Å². The number of aliphatic hydroxyl groups excluding tert-OH is 1. The van der Waals surface area contributed by atoms with Crippen LogP contribution in [-0.4, -0.2) is 43.0 Å². The summed E-state index contributed by atoms with van der Waals surface area (Å²) in [6.07, 6.45) is 2.02. The van der Waals surface area contributed by atoms with E-state index in [0.29, 0.717) is 23.7 Å². The number of nitrogens with zero attached hydrogens (tertiary/aromatic N) is 4. The highest BCUT2D eigenvalue weighted by Gasteiger charge is 2.28. The number of fused-ring (bicyclic) bond motifs is 1. The number of hydrogen-bond donors (Lipinski definition) is 2. The van der Waals surface area contributed by atoms with Gasteiger partial charge in [-0.15, -0.1) is 0 Å². The average molecular weight is 399 g/mol. The lowest BCUT2D eigenvalue weighted by atomic mass is 10.2. The fourth-order valence-corrected chi connectivity index (χ4v) is 3.90. The van der Waals surface area contributed by atoms with Gasteiger partial charge in [0, 0.05) is 14.1 Å². The molecule has 0 aliphatic heterocycles. The van der Waals surface area contributed by atoms with Crippen LogP contribution < -0.4 is 21.3 Å². The first-order valence-electron chi connectivity index (χ1n) is 9.64. The lowest BCUT2D eigenvalue weighted by Gasteiger charge is -2.18. The van der Waals surface area contributed by atoms with Crippen LogP contribution >= 0.6 is 0 Å². The molecule has 4 rings (SSSR count). The molecule has 1 aromatic carbocycles. The molecule has 2 atom stereocenters. The molecule has 0 unspecified atom stereocenters. The van der Waals surface area contributed by atoms with Gasteiger partial charge in [0.15, 0.2) is 11.2 Å². The molecule has 2 heterocycles. The zero-order valence-electron chi connectivity index (χ0n) is 16.8. The highest BCUT2D eigenvalue weighted by Crippen LogP contribution is 2.25. The van der Waals surface area contributed by atoms with Crippen LogP contribution in [0.15, 0.2) is 33.9 Å². The maximum absolute atomic E-state index is 12.9. The molecule has 0 saturated heterocycles. The summed E-state index contributed by atoms with van der Waals surface area (Å²) >= 11 is 0. The van der Waals surface area contributed by atoms with E-state index < -0.39 is 17.4 Å². The number of methoxy groups -OCH3 is 1. The first kappa shape index (κ1) is 19.3. The van der Waals surface area contributed by atoms with E-state index in [0.717, 1.165) is 35.1 Å². The van der Waals surface area contributed by atoms with Crippen molar-refractivity contribution in [3.8, 4) is 5.75 Å². The van der Waals surface area contributed by atoms with Gasteiger partial charge in [-0.3, -0.25) is 18.5 Å². The van der Waals surface area contributed by atoms with Crippen molar-refractivity contribution in [3.63, 3.8) is 0 Å². The molecule has 0 amide bonds. The molecule has 1 fully saturated rings. The summed E-state index contributed by atoms with van der Waals surface area (Å²) in [5.41, 5.74) is 0.797. The Labute approximate surface area is 167 Å². The van der Waals surface area contributed by atoms with Crippen molar-refractivity contribution in [2.75, 3.05) is 12.4 Å². The molecule has 1 saturated carbocycles. The van der Waals surface area contributed by atoms with Gasteiger partial charge in [-0.1, -0.05) is 12.1 Å². The molecule has 0 spiro atoms. The number of anilines is 1. The number of rotatable bonds is 5. The molecule has 9 heteroatoms. The van der Waals surface area contributed by atoms with E-state index in [1.165, 1.54) is 11.6 Å². The van der Waals surface area contributed by atoms with Crippen molar-refractivity contribution >= 4 is 17.1 Å². The van der Waals surface area contributed by atoms with Crippen LogP contribution in [0, 0.1) is 0 Å². The van der Waals surface area contributed by atoms with Crippen LogP contribution in [-0.2, 0) is 20.6 Å². The van der Waals surface area contributed by atoms with Crippen molar-refractivity contribution < 1.29 is 9.84 Å². The Morgan fingerprint density at radius 1 is 1.17 bits per heavy atom. The highest BCUT2D eigenvalue weighted by atomic mass is 16.5. The molecule has 154 valence electrons. The quantitative estimate of drug-likeness (QED) is 0.658. The number of benzene rings is 1.